The van der Waals surface area contributed by atoms with Crippen LogP contribution in [0, 0.1) is 10.1 Å². The van der Waals surface area contributed by atoms with E-state index in [-0.39, 0.29) is 9.92 Å². The van der Waals surface area contributed by atoms with Gasteiger partial charge in [0, 0.05) is 19.1 Å². The van der Waals surface area contributed by atoms with Gasteiger partial charge in [0.1, 0.15) is 6.20 Å². The number of thiazole rings is 1. The molecule has 0 radical (unpaired) electrons. The van der Waals surface area contributed by atoms with Crippen molar-refractivity contribution in [1.29, 1.82) is 0 Å². The number of nitrogens with zero attached hydrogens (tertiary/aromatic N) is 3. The Hall–Kier alpha value is -1.21. The van der Waals surface area contributed by atoms with Gasteiger partial charge in [0.15, 0.2) is 5.13 Å². The van der Waals surface area contributed by atoms with Crippen molar-refractivity contribution in [3.05, 3.63) is 16.3 Å². The minimum absolute atomic E-state index is 0.112. The molecule has 1 aromatic rings. The molecule has 1 aliphatic carbocycles. The molecule has 0 spiro atoms. The lowest BCUT2D eigenvalue weighted by Crippen LogP contribution is -2.39. The Morgan fingerprint density at radius 1 is 1.50 bits per heavy atom. The maximum Gasteiger partial charge on any atom is 0.345 e. The monoisotopic (exact) mass is 270 g/mol. The summed E-state index contributed by atoms with van der Waals surface area (Å²) in [4.78, 5) is 16.5. The number of rotatable bonds is 4. The average molecular weight is 270 g/mol. The Morgan fingerprint density at radius 2 is 2.17 bits per heavy atom. The third kappa shape index (κ3) is 2.78. The van der Waals surface area contributed by atoms with E-state index >= 15 is 0 Å². The van der Waals surface area contributed by atoms with E-state index in [1.165, 1.54) is 6.20 Å². The fraction of sp³-hybridized carbons (Fsp3) is 0.727. The van der Waals surface area contributed by atoms with Crippen LogP contribution in [0.15, 0.2) is 6.20 Å². The fourth-order valence-electron chi connectivity index (χ4n) is 2.41. The SMILES string of the molecule is CNC1CCC(N(C)c2ncc([N+](=O)[O-])s2)CC1. The minimum atomic E-state index is -0.382. The molecule has 0 amide bonds. The van der Waals surface area contributed by atoms with Crippen LogP contribution in [0.4, 0.5) is 10.1 Å². The Morgan fingerprint density at radius 3 is 2.67 bits per heavy atom. The van der Waals surface area contributed by atoms with Crippen molar-refractivity contribution in [2.45, 2.75) is 37.8 Å². The van der Waals surface area contributed by atoms with Crippen LogP contribution in [-0.2, 0) is 0 Å². The van der Waals surface area contributed by atoms with Crippen molar-refractivity contribution in [2.24, 2.45) is 0 Å². The highest BCUT2D eigenvalue weighted by molar-refractivity contribution is 7.18. The molecule has 1 aromatic heterocycles. The molecule has 1 heterocycles. The van der Waals surface area contributed by atoms with Crippen LogP contribution < -0.4 is 10.2 Å². The standard InChI is InChI=1S/C11H18N4O2S/c1-12-8-3-5-9(6-4-8)14(2)11-13-7-10(18-11)15(16)17/h7-9,12H,3-6H2,1-2H3. The lowest BCUT2D eigenvalue weighted by atomic mass is 9.91. The summed E-state index contributed by atoms with van der Waals surface area (Å²) in [5.41, 5.74) is 0. The van der Waals surface area contributed by atoms with Crippen LogP contribution in [0.5, 0.6) is 0 Å². The van der Waals surface area contributed by atoms with Gasteiger partial charge in [-0.3, -0.25) is 10.1 Å². The first-order chi connectivity index (χ1) is 8.61. The molecule has 2 rings (SSSR count). The zero-order chi connectivity index (χ0) is 13.1. The molecule has 0 aliphatic heterocycles. The normalized spacial score (nSPS) is 23.9. The van der Waals surface area contributed by atoms with Gasteiger partial charge in [0.25, 0.3) is 0 Å². The molecule has 18 heavy (non-hydrogen) atoms. The van der Waals surface area contributed by atoms with Crippen molar-refractivity contribution in [2.75, 3.05) is 19.0 Å². The summed E-state index contributed by atoms with van der Waals surface area (Å²) in [6.45, 7) is 0. The van der Waals surface area contributed by atoms with Crippen LogP contribution in [0.3, 0.4) is 0 Å². The first-order valence-corrected chi connectivity index (χ1v) is 6.93. The smallest absolute Gasteiger partial charge is 0.345 e. The zero-order valence-electron chi connectivity index (χ0n) is 10.6. The van der Waals surface area contributed by atoms with Crippen LogP contribution in [0.25, 0.3) is 0 Å². The fourth-order valence-corrected chi connectivity index (χ4v) is 3.18. The number of aromatic nitrogens is 1. The van der Waals surface area contributed by atoms with Crippen molar-refractivity contribution in [1.82, 2.24) is 10.3 Å². The molecule has 1 fully saturated rings. The van der Waals surface area contributed by atoms with E-state index in [0.717, 1.165) is 42.2 Å². The molecule has 0 bridgehead atoms. The first kappa shape index (κ1) is 13.2. The number of hydrogen-bond donors (Lipinski definition) is 1. The van der Waals surface area contributed by atoms with E-state index in [1.807, 2.05) is 14.1 Å². The lowest BCUT2D eigenvalue weighted by Gasteiger charge is -2.34. The summed E-state index contributed by atoms with van der Waals surface area (Å²) in [5.74, 6) is 0. The van der Waals surface area contributed by atoms with Crippen molar-refractivity contribution in [3.8, 4) is 0 Å². The van der Waals surface area contributed by atoms with Crippen molar-refractivity contribution >= 4 is 21.5 Å². The van der Waals surface area contributed by atoms with Gasteiger partial charge in [-0.1, -0.05) is 0 Å². The highest BCUT2D eigenvalue weighted by Crippen LogP contribution is 2.32. The van der Waals surface area contributed by atoms with Gasteiger partial charge in [0.05, 0.1) is 4.92 Å². The van der Waals surface area contributed by atoms with Gasteiger partial charge in [-0.2, -0.15) is 0 Å². The Bertz CT molecular complexity index is 415. The summed E-state index contributed by atoms with van der Waals surface area (Å²) < 4.78 is 0. The Labute approximate surface area is 110 Å². The van der Waals surface area contributed by atoms with Crippen LogP contribution in [-0.4, -0.2) is 36.1 Å². The Kier molecular flexibility index (Phi) is 4.13. The zero-order valence-corrected chi connectivity index (χ0v) is 11.4. The van der Waals surface area contributed by atoms with Gasteiger partial charge in [0.2, 0.25) is 0 Å². The molecule has 1 aliphatic rings. The highest BCUT2D eigenvalue weighted by atomic mass is 32.1. The third-order valence-corrected chi connectivity index (χ3v) is 4.66. The van der Waals surface area contributed by atoms with Crippen molar-refractivity contribution < 1.29 is 4.92 Å². The first-order valence-electron chi connectivity index (χ1n) is 6.12. The third-order valence-electron chi connectivity index (χ3n) is 3.62. The second kappa shape index (κ2) is 5.62. The van der Waals surface area contributed by atoms with E-state index in [2.05, 4.69) is 15.2 Å². The largest absolute Gasteiger partial charge is 0.348 e. The molecule has 1 N–H and O–H groups in total. The van der Waals surface area contributed by atoms with Gasteiger partial charge >= 0.3 is 5.00 Å². The van der Waals surface area contributed by atoms with E-state index in [0.29, 0.717) is 12.1 Å². The number of nitro groups is 1. The van der Waals surface area contributed by atoms with Gasteiger partial charge in [-0.25, -0.2) is 4.98 Å². The second-order valence-corrected chi connectivity index (χ2v) is 5.63. The molecule has 0 unspecified atom stereocenters. The van der Waals surface area contributed by atoms with Crippen LogP contribution in [0.2, 0.25) is 0 Å². The quantitative estimate of drug-likeness (QED) is 0.669. The average Bonchev–Trinajstić information content (AvgIpc) is 2.88. The second-order valence-electron chi connectivity index (χ2n) is 4.64. The number of hydrogen-bond acceptors (Lipinski definition) is 6. The van der Waals surface area contributed by atoms with E-state index in [1.54, 1.807) is 0 Å². The predicted molar refractivity (Wildman–Crippen MR) is 72.3 cm³/mol. The highest BCUT2D eigenvalue weighted by Gasteiger charge is 2.25. The molecular weight excluding hydrogens is 252 g/mol. The molecular formula is C11H18N4O2S. The molecule has 100 valence electrons. The van der Waals surface area contributed by atoms with E-state index < -0.39 is 0 Å². The molecule has 6 nitrogen and oxygen atoms in total. The number of nitrogens with one attached hydrogen (secondary N) is 1. The number of anilines is 1. The van der Waals surface area contributed by atoms with E-state index in [4.69, 9.17) is 0 Å². The van der Waals surface area contributed by atoms with Crippen LogP contribution in [0.1, 0.15) is 25.7 Å². The molecule has 0 atom stereocenters. The van der Waals surface area contributed by atoms with Crippen LogP contribution >= 0.6 is 11.3 Å². The molecule has 0 saturated heterocycles. The summed E-state index contributed by atoms with van der Waals surface area (Å²) in [5, 5.41) is 14.8. The molecule has 1 saturated carbocycles. The van der Waals surface area contributed by atoms with Gasteiger partial charge in [-0.05, 0) is 44.1 Å². The van der Waals surface area contributed by atoms with E-state index in [9.17, 15) is 10.1 Å². The van der Waals surface area contributed by atoms with Gasteiger partial charge in [-0.15, -0.1) is 0 Å². The summed E-state index contributed by atoms with van der Waals surface area (Å²) in [7, 11) is 3.98. The maximum absolute atomic E-state index is 10.6. The maximum atomic E-state index is 10.6. The summed E-state index contributed by atoms with van der Waals surface area (Å²) in [6, 6.07) is 1.06. The molecule has 7 heteroatoms. The van der Waals surface area contributed by atoms with Crippen molar-refractivity contribution in [3.63, 3.8) is 0 Å². The summed E-state index contributed by atoms with van der Waals surface area (Å²) >= 11 is 1.15. The van der Waals surface area contributed by atoms with Gasteiger partial charge < -0.3 is 10.2 Å². The Balaban J connectivity index is 1.98. The topological polar surface area (TPSA) is 71.3 Å². The predicted octanol–water partition coefficient (Wildman–Crippen LogP) is 2.02. The lowest BCUT2D eigenvalue weighted by molar-refractivity contribution is -0.380. The minimum Gasteiger partial charge on any atom is -0.348 e. The molecule has 0 aromatic carbocycles. The summed E-state index contributed by atoms with van der Waals surface area (Å²) in [6.07, 6.45) is 5.86.